The topological polar surface area (TPSA) is 109 Å². The lowest BCUT2D eigenvalue weighted by atomic mass is 9.89. The fourth-order valence-corrected chi connectivity index (χ4v) is 6.96. The number of nitrogens with zero attached hydrogens (tertiary/aromatic N) is 1. The third-order valence-electron chi connectivity index (χ3n) is 9.77. The zero-order valence-electron chi connectivity index (χ0n) is 30.6. The molecule has 2 aliphatic rings. The van der Waals surface area contributed by atoms with Gasteiger partial charge in [0.05, 0.1) is 18.8 Å². The van der Waals surface area contributed by atoms with Crippen LogP contribution in [0.15, 0.2) is 103 Å². The number of benzene rings is 4. The standard InChI is InChI=1S/C43H51N3O6/c1-29-38(27-46-23-9-14-37(46)40(48)52-43(2,3)4)50-41(51-39(29)34-17-15-31(28-47)16-18-34)35-21-19-33(20-22-35)36-13-8-12-32(24-36)26-45-42(49)44-25-30-10-6-5-7-11-30/h5-8,10-13,15-22,24,29,37-39,41,47H,9,14,23,25-28H2,1-4H3,(H2,44,45,49)/t29-,37-,38+,39+,41+/m0/s1. The monoisotopic (exact) mass is 705 g/mol. The van der Waals surface area contributed by atoms with Gasteiger partial charge in [0.25, 0.3) is 0 Å². The highest BCUT2D eigenvalue weighted by Crippen LogP contribution is 2.42. The summed E-state index contributed by atoms with van der Waals surface area (Å²) in [4.78, 5) is 27.8. The van der Waals surface area contributed by atoms with Crippen LogP contribution < -0.4 is 10.6 Å². The first-order chi connectivity index (χ1) is 25.1. The molecule has 0 radical (unpaired) electrons. The second kappa shape index (κ2) is 16.9. The van der Waals surface area contributed by atoms with Crippen molar-refractivity contribution in [1.82, 2.24) is 15.5 Å². The van der Waals surface area contributed by atoms with Crippen molar-refractivity contribution in [2.24, 2.45) is 5.92 Å². The van der Waals surface area contributed by atoms with Crippen LogP contribution in [-0.4, -0.2) is 52.8 Å². The van der Waals surface area contributed by atoms with Crippen molar-refractivity contribution in [2.45, 2.75) is 90.4 Å². The van der Waals surface area contributed by atoms with Gasteiger partial charge < -0.3 is 30.0 Å². The van der Waals surface area contributed by atoms with E-state index in [9.17, 15) is 14.7 Å². The van der Waals surface area contributed by atoms with Crippen molar-refractivity contribution < 1.29 is 28.9 Å². The minimum absolute atomic E-state index is 0.00726. The van der Waals surface area contributed by atoms with E-state index in [1.54, 1.807) is 0 Å². The van der Waals surface area contributed by atoms with Crippen molar-refractivity contribution in [3.05, 3.63) is 131 Å². The maximum atomic E-state index is 13.2. The summed E-state index contributed by atoms with van der Waals surface area (Å²) in [6, 6.07) is 33.6. The van der Waals surface area contributed by atoms with Gasteiger partial charge in [0, 0.05) is 31.1 Å². The van der Waals surface area contributed by atoms with E-state index in [0.29, 0.717) is 19.6 Å². The number of hydrogen-bond acceptors (Lipinski definition) is 7. The molecule has 4 aromatic rings. The Kier molecular flexibility index (Phi) is 12.1. The Labute approximate surface area is 307 Å². The van der Waals surface area contributed by atoms with Gasteiger partial charge in [0.2, 0.25) is 0 Å². The second-order valence-corrected chi connectivity index (χ2v) is 14.9. The Morgan fingerprint density at radius 2 is 1.48 bits per heavy atom. The van der Waals surface area contributed by atoms with Gasteiger partial charge in [-0.25, -0.2) is 4.79 Å². The van der Waals surface area contributed by atoms with E-state index in [1.165, 1.54) is 0 Å². The zero-order chi connectivity index (χ0) is 36.7. The van der Waals surface area contributed by atoms with Crippen molar-refractivity contribution in [2.75, 3.05) is 13.1 Å². The lowest BCUT2D eigenvalue weighted by Crippen LogP contribution is -2.48. The number of urea groups is 1. The zero-order valence-corrected chi connectivity index (χ0v) is 30.6. The lowest BCUT2D eigenvalue weighted by molar-refractivity contribution is -0.276. The number of carbonyl (C=O) groups is 2. The third-order valence-corrected chi connectivity index (χ3v) is 9.77. The maximum Gasteiger partial charge on any atom is 0.323 e. The molecule has 52 heavy (non-hydrogen) atoms. The summed E-state index contributed by atoms with van der Waals surface area (Å²) in [5.74, 6) is -0.189. The van der Waals surface area contributed by atoms with Gasteiger partial charge in [-0.3, -0.25) is 9.69 Å². The van der Waals surface area contributed by atoms with E-state index in [1.807, 2.05) is 99.6 Å². The number of likely N-dealkylation sites (tertiary alicyclic amines) is 1. The molecule has 5 atom stereocenters. The number of amides is 2. The normalized spacial score (nSPS) is 22.1. The minimum atomic E-state index is -0.620. The molecular formula is C43H51N3O6. The van der Waals surface area contributed by atoms with Crippen LogP contribution in [0.2, 0.25) is 0 Å². The van der Waals surface area contributed by atoms with Crippen molar-refractivity contribution in [1.29, 1.82) is 0 Å². The maximum absolute atomic E-state index is 13.2. The minimum Gasteiger partial charge on any atom is -0.459 e. The summed E-state index contributed by atoms with van der Waals surface area (Å²) in [6.07, 6.45) is 0.607. The molecule has 0 aliphatic carbocycles. The van der Waals surface area contributed by atoms with Crippen LogP contribution >= 0.6 is 0 Å². The number of hydrogen-bond donors (Lipinski definition) is 3. The van der Waals surface area contributed by atoms with Crippen molar-refractivity contribution >= 4 is 12.0 Å². The molecule has 0 unspecified atom stereocenters. The van der Waals surface area contributed by atoms with Crippen LogP contribution in [0.25, 0.3) is 11.1 Å². The number of rotatable bonds is 11. The Morgan fingerprint density at radius 1 is 0.808 bits per heavy atom. The van der Waals surface area contributed by atoms with Gasteiger partial charge in [-0.1, -0.05) is 104 Å². The predicted octanol–water partition coefficient (Wildman–Crippen LogP) is 7.44. The van der Waals surface area contributed by atoms with E-state index in [-0.39, 0.29) is 42.8 Å². The molecule has 0 aromatic heterocycles. The molecule has 9 heteroatoms. The number of carbonyl (C=O) groups excluding carboxylic acids is 2. The molecule has 2 amide bonds. The highest BCUT2D eigenvalue weighted by molar-refractivity contribution is 5.76. The Hall–Kier alpha value is -4.54. The molecule has 4 aromatic carbocycles. The van der Waals surface area contributed by atoms with Gasteiger partial charge in [-0.05, 0) is 79.6 Å². The molecule has 2 heterocycles. The molecule has 274 valence electrons. The number of aliphatic hydroxyl groups is 1. The van der Waals surface area contributed by atoms with Crippen LogP contribution in [0, 0.1) is 5.92 Å². The largest absolute Gasteiger partial charge is 0.459 e. The molecule has 2 saturated heterocycles. The summed E-state index contributed by atoms with van der Waals surface area (Å²) >= 11 is 0. The van der Waals surface area contributed by atoms with Crippen LogP contribution in [0.5, 0.6) is 0 Å². The van der Waals surface area contributed by atoms with Crippen LogP contribution in [0.4, 0.5) is 4.79 Å². The predicted molar refractivity (Wildman–Crippen MR) is 201 cm³/mol. The van der Waals surface area contributed by atoms with Gasteiger partial charge in [-0.15, -0.1) is 0 Å². The molecule has 2 fully saturated rings. The van der Waals surface area contributed by atoms with Gasteiger partial charge in [0.15, 0.2) is 6.29 Å². The third kappa shape index (κ3) is 9.66. The Balaban J connectivity index is 1.15. The van der Waals surface area contributed by atoms with Crippen LogP contribution in [0.1, 0.15) is 80.7 Å². The van der Waals surface area contributed by atoms with E-state index < -0.39 is 11.9 Å². The highest BCUT2D eigenvalue weighted by Gasteiger charge is 2.42. The number of nitrogens with one attached hydrogen (secondary N) is 2. The number of ether oxygens (including phenoxy) is 3. The molecule has 0 spiro atoms. The van der Waals surface area contributed by atoms with Crippen molar-refractivity contribution in [3.8, 4) is 11.1 Å². The first kappa shape index (κ1) is 37.2. The molecule has 3 N–H and O–H groups in total. The number of aliphatic hydroxyl groups excluding tert-OH is 1. The highest BCUT2D eigenvalue weighted by atomic mass is 16.7. The molecule has 9 nitrogen and oxygen atoms in total. The quantitative estimate of drug-likeness (QED) is 0.139. The summed E-state index contributed by atoms with van der Waals surface area (Å²) in [5.41, 5.74) is 6.32. The fraction of sp³-hybridized carbons (Fsp3) is 0.395. The fourth-order valence-electron chi connectivity index (χ4n) is 6.96. The molecule has 0 saturated carbocycles. The summed E-state index contributed by atoms with van der Waals surface area (Å²) < 4.78 is 19.2. The number of esters is 1. The first-order valence-corrected chi connectivity index (χ1v) is 18.3. The second-order valence-electron chi connectivity index (χ2n) is 14.9. The summed E-state index contributed by atoms with van der Waals surface area (Å²) in [7, 11) is 0. The summed E-state index contributed by atoms with van der Waals surface area (Å²) in [6.45, 7) is 10.1. The average Bonchev–Trinajstić information content (AvgIpc) is 3.62. The summed E-state index contributed by atoms with van der Waals surface area (Å²) in [5, 5.41) is 15.5. The van der Waals surface area contributed by atoms with Gasteiger partial charge in [0.1, 0.15) is 11.6 Å². The van der Waals surface area contributed by atoms with Gasteiger partial charge >= 0.3 is 12.0 Å². The smallest absolute Gasteiger partial charge is 0.323 e. The van der Waals surface area contributed by atoms with Crippen LogP contribution in [-0.2, 0) is 38.7 Å². The van der Waals surface area contributed by atoms with E-state index in [0.717, 1.165) is 58.3 Å². The van der Waals surface area contributed by atoms with E-state index in [4.69, 9.17) is 14.2 Å². The first-order valence-electron chi connectivity index (χ1n) is 18.3. The molecule has 0 bridgehead atoms. The molecule has 6 rings (SSSR count). The molecular weight excluding hydrogens is 654 g/mol. The van der Waals surface area contributed by atoms with E-state index in [2.05, 4.69) is 46.7 Å². The average molecular weight is 706 g/mol. The van der Waals surface area contributed by atoms with E-state index >= 15 is 0 Å². The van der Waals surface area contributed by atoms with Crippen LogP contribution in [0.3, 0.4) is 0 Å². The van der Waals surface area contributed by atoms with Gasteiger partial charge in [-0.2, -0.15) is 0 Å². The van der Waals surface area contributed by atoms with Crippen molar-refractivity contribution in [3.63, 3.8) is 0 Å². The lowest BCUT2D eigenvalue weighted by Gasteiger charge is -2.43. The SMILES string of the molecule is C[C@H]1[C@@H](CN2CCC[C@H]2C(=O)OC(C)(C)C)O[C@@H](c2ccc(-c3cccc(CNC(=O)NCc4ccccc4)c3)cc2)O[C@H]1c1ccc(CO)cc1. The molecule has 2 aliphatic heterocycles. The Morgan fingerprint density at radius 3 is 2.17 bits per heavy atom. The Bertz CT molecular complexity index is 1770.